The van der Waals surface area contributed by atoms with Crippen LogP contribution in [0.15, 0.2) is 53.6 Å². The Morgan fingerprint density at radius 2 is 1.93 bits per heavy atom. The lowest BCUT2D eigenvalue weighted by atomic mass is 10.1. The number of fused-ring (bicyclic) bond motifs is 2. The van der Waals surface area contributed by atoms with Crippen LogP contribution in [-0.2, 0) is 6.54 Å². The van der Waals surface area contributed by atoms with Crippen LogP contribution in [0.3, 0.4) is 0 Å². The third kappa shape index (κ3) is 2.87. The number of aromatic nitrogens is 4. The average molecular weight is 359 g/mol. The second kappa shape index (κ2) is 6.54. The van der Waals surface area contributed by atoms with Crippen molar-refractivity contribution in [2.24, 2.45) is 0 Å². The Kier molecular flexibility index (Phi) is 3.89. The molecule has 0 bridgehead atoms. The van der Waals surface area contributed by atoms with Gasteiger partial charge in [-0.2, -0.15) is 0 Å². The summed E-state index contributed by atoms with van der Waals surface area (Å²) in [6, 6.07) is 14.5. The van der Waals surface area contributed by atoms with Gasteiger partial charge in [0, 0.05) is 18.0 Å². The Balaban J connectivity index is 1.57. The molecule has 2 aromatic heterocycles. The standard InChI is InChI=1S/C21H21N5O/c27-21-25-18-10-16-17(11-19(18)26(21)15-8-4-5-9-15)23-13-24-20(16)22-12-14-6-2-1-3-7-14/h1-3,6-7,10-11,13,15H,4-5,8-9,12H2,(H,25,27)(H,22,23,24). The van der Waals surface area contributed by atoms with Crippen molar-refractivity contribution >= 4 is 27.8 Å². The first-order chi connectivity index (χ1) is 13.3. The second-order valence-corrected chi connectivity index (χ2v) is 7.19. The second-order valence-electron chi connectivity index (χ2n) is 7.19. The Bertz CT molecular complexity index is 1160. The number of imidazole rings is 1. The molecule has 6 nitrogen and oxygen atoms in total. The average Bonchev–Trinajstić information content (AvgIpc) is 3.32. The molecular weight excluding hydrogens is 338 g/mol. The van der Waals surface area contributed by atoms with E-state index in [4.69, 9.17) is 0 Å². The van der Waals surface area contributed by atoms with Crippen LogP contribution in [0.5, 0.6) is 0 Å². The van der Waals surface area contributed by atoms with Crippen LogP contribution in [0.25, 0.3) is 21.9 Å². The van der Waals surface area contributed by atoms with Gasteiger partial charge >= 0.3 is 5.69 Å². The van der Waals surface area contributed by atoms with Gasteiger partial charge in [-0.15, -0.1) is 0 Å². The maximum atomic E-state index is 12.6. The zero-order valence-corrected chi connectivity index (χ0v) is 15.0. The van der Waals surface area contributed by atoms with Gasteiger partial charge in [0.15, 0.2) is 0 Å². The highest BCUT2D eigenvalue weighted by atomic mass is 16.1. The molecule has 2 N–H and O–H groups in total. The number of rotatable bonds is 4. The molecule has 4 aromatic rings. The summed E-state index contributed by atoms with van der Waals surface area (Å²) >= 11 is 0. The Hall–Kier alpha value is -3.15. The highest BCUT2D eigenvalue weighted by Crippen LogP contribution is 2.32. The van der Waals surface area contributed by atoms with Gasteiger partial charge in [-0.25, -0.2) is 14.8 Å². The normalized spacial score (nSPS) is 15.0. The van der Waals surface area contributed by atoms with Crippen LogP contribution in [0.1, 0.15) is 37.3 Å². The van der Waals surface area contributed by atoms with Gasteiger partial charge in [0.05, 0.1) is 16.6 Å². The van der Waals surface area contributed by atoms with Gasteiger partial charge in [0.2, 0.25) is 0 Å². The summed E-state index contributed by atoms with van der Waals surface area (Å²) in [5.74, 6) is 0.778. The van der Waals surface area contributed by atoms with Gasteiger partial charge in [-0.05, 0) is 30.5 Å². The van der Waals surface area contributed by atoms with Gasteiger partial charge < -0.3 is 10.3 Å². The molecule has 1 aliphatic carbocycles. The smallest absolute Gasteiger partial charge is 0.326 e. The summed E-state index contributed by atoms with van der Waals surface area (Å²) in [4.78, 5) is 24.4. The zero-order chi connectivity index (χ0) is 18.2. The summed E-state index contributed by atoms with van der Waals surface area (Å²) < 4.78 is 1.92. The lowest BCUT2D eigenvalue weighted by molar-refractivity contribution is 0.518. The van der Waals surface area contributed by atoms with Crippen LogP contribution in [0.2, 0.25) is 0 Å². The van der Waals surface area contributed by atoms with Crippen LogP contribution in [-0.4, -0.2) is 19.5 Å². The highest BCUT2D eigenvalue weighted by Gasteiger charge is 2.21. The molecule has 2 aromatic carbocycles. The molecule has 1 aliphatic rings. The van der Waals surface area contributed by atoms with Crippen molar-refractivity contribution in [2.45, 2.75) is 38.3 Å². The highest BCUT2D eigenvalue weighted by molar-refractivity contribution is 5.98. The minimum Gasteiger partial charge on any atom is -0.365 e. The van der Waals surface area contributed by atoms with Crippen molar-refractivity contribution in [3.8, 4) is 0 Å². The topological polar surface area (TPSA) is 75.6 Å². The molecule has 5 rings (SSSR count). The summed E-state index contributed by atoms with van der Waals surface area (Å²) in [5, 5.41) is 4.31. The van der Waals surface area contributed by atoms with Gasteiger partial charge in [0.1, 0.15) is 12.1 Å². The lowest BCUT2D eigenvalue weighted by Gasteiger charge is -2.12. The quantitative estimate of drug-likeness (QED) is 0.577. The fourth-order valence-electron chi connectivity index (χ4n) is 4.12. The first kappa shape index (κ1) is 16.1. The summed E-state index contributed by atoms with van der Waals surface area (Å²) in [7, 11) is 0. The number of hydrogen-bond donors (Lipinski definition) is 2. The largest absolute Gasteiger partial charge is 0.365 e. The number of aromatic amines is 1. The number of benzene rings is 2. The van der Waals surface area contributed by atoms with Gasteiger partial charge in [-0.3, -0.25) is 4.57 Å². The summed E-state index contributed by atoms with van der Waals surface area (Å²) in [6.07, 6.45) is 6.09. The first-order valence-corrected chi connectivity index (χ1v) is 9.46. The predicted octanol–water partition coefficient (Wildman–Crippen LogP) is 4.00. The minimum atomic E-state index is -0.0287. The number of hydrogen-bond acceptors (Lipinski definition) is 4. The maximum absolute atomic E-state index is 12.6. The molecule has 6 heteroatoms. The monoisotopic (exact) mass is 359 g/mol. The molecule has 27 heavy (non-hydrogen) atoms. The van der Waals surface area contributed by atoms with Crippen molar-refractivity contribution < 1.29 is 0 Å². The van der Waals surface area contributed by atoms with E-state index in [1.165, 1.54) is 18.4 Å². The SMILES string of the molecule is O=c1[nH]c2cc3c(NCc4ccccc4)ncnc3cc2n1C1CCCC1. The van der Waals surface area contributed by atoms with Crippen molar-refractivity contribution in [3.63, 3.8) is 0 Å². The molecule has 0 unspecified atom stereocenters. The molecule has 2 heterocycles. The molecule has 0 spiro atoms. The van der Waals surface area contributed by atoms with E-state index < -0.39 is 0 Å². The fourth-order valence-corrected chi connectivity index (χ4v) is 4.12. The third-order valence-electron chi connectivity index (χ3n) is 5.47. The van der Waals surface area contributed by atoms with Crippen molar-refractivity contribution in [3.05, 3.63) is 64.8 Å². The van der Waals surface area contributed by atoms with E-state index in [-0.39, 0.29) is 5.69 Å². The van der Waals surface area contributed by atoms with Crippen molar-refractivity contribution in [1.82, 2.24) is 19.5 Å². The van der Waals surface area contributed by atoms with Crippen molar-refractivity contribution in [2.75, 3.05) is 5.32 Å². The van der Waals surface area contributed by atoms with Crippen LogP contribution in [0, 0.1) is 0 Å². The van der Waals surface area contributed by atoms with E-state index in [9.17, 15) is 4.79 Å². The molecule has 136 valence electrons. The van der Waals surface area contributed by atoms with Gasteiger partial charge in [-0.1, -0.05) is 43.2 Å². The maximum Gasteiger partial charge on any atom is 0.326 e. The lowest BCUT2D eigenvalue weighted by Crippen LogP contribution is -2.20. The predicted molar refractivity (Wildman–Crippen MR) is 107 cm³/mol. The summed E-state index contributed by atoms with van der Waals surface area (Å²) in [5.41, 5.74) is 3.79. The summed E-state index contributed by atoms with van der Waals surface area (Å²) in [6.45, 7) is 0.685. The molecule has 0 saturated heterocycles. The van der Waals surface area contributed by atoms with E-state index >= 15 is 0 Å². The van der Waals surface area contributed by atoms with E-state index in [0.29, 0.717) is 12.6 Å². The number of nitrogens with zero attached hydrogens (tertiary/aromatic N) is 3. The number of anilines is 1. The van der Waals surface area contributed by atoms with Crippen LogP contribution >= 0.6 is 0 Å². The molecule has 0 radical (unpaired) electrons. The number of H-pyrrole nitrogens is 1. The molecule has 1 saturated carbocycles. The molecule has 0 amide bonds. The molecule has 0 atom stereocenters. The Morgan fingerprint density at radius 3 is 2.74 bits per heavy atom. The minimum absolute atomic E-state index is 0.0287. The number of nitrogens with one attached hydrogen (secondary N) is 2. The third-order valence-corrected chi connectivity index (χ3v) is 5.47. The van der Waals surface area contributed by atoms with Crippen molar-refractivity contribution in [1.29, 1.82) is 0 Å². The first-order valence-electron chi connectivity index (χ1n) is 9.46. The molecular formula is C21H21N5O. The Labute approximate surface area is 156 Å². The van der Waals surface area contributed by atoms with E-state index in [1.54, 1.807) is 6.33 Å². The Morgan fingerprint density at radius 1 is 1.11 bits per heavy atom. The van der Waals surface area contributed by atoms with E-state index in [2.05, 4.69) is 32.4 Å². The molecule has 1 fully saturated rings. The van der Waals surface area contributed by atoms with E-state index in [0.717, 1.165) is 40.6 Å². The van der Waals surface area contributed by atoms with Crippen LogP contribution < -0.4 is 11.0 Å². The van der Waals surface area contributed by atoms with Gasteiger partial charge in [0.25, 0.3) is 0 Å². The zero-order valence-electron chi connectivity index (χ0n) is 15.0. The fraction of sp³-hybridized carbons (Fsp3) is 0.286. The molecule has 0 aliphatic heterocycles. The van der Waals surface area contributed by atoms with Crippen LogP contribution in [0.4, 0.5) is 5.82 Å². The van der Waals surface area contributed by atoms with E-state index in [1.807, 2.05) is 34.9 Å².